The minimum atomic E-state index is -1.36. The van der Waals surface area contributed by atoms with E-state index in [0.717, 1.165) is 0 Å². The number of hydrogen-bond donors (Lipinski definition) is 0. The van der Waals surface area contributed by atoms with E-state index in [2.05, 4.69) is 73.7 Å². The maximum absolute atomic E-state index is 4.94. The predicted molar refractivity (Wildman–Crippen MR) is 77.1 cm³/mol. The molecule has 0 aromatic heterocycles. The Morgan fingerprint density at radius 1 is 0.706 bits per heavy atom. The minimum absolute atomic E-state index is 1.19. The van der Waals surface area contributed by atoms with Crippen molar-refractivity contribution in [1.82, 2.24) is 0 Å². The molecule has 0 heterocycles. The van der Waals surface area contributed by atoms with Gasteiger partial charge >= 0.3 is 0 Å². The lowest BCUT2D eigenvalue weighted by molar-refractivity contribution is 1.20. The second kappa shape index (κ2) is 9.26. The quantitative estimate of drug-likeness (QED) is 0.522. The molecule has 0 saturated heterocycles. The zero-order valence-electron chi connectivity index (χ0n) is 10.7. The molecular weight excluding hydrogens is 220 g/mol. The summed E-state index contributed by atoms with van der Waals surface area (Å²) in [5.74, 6) is 20.5. The van der Waals surface area contributed by atoms with Crippen LogP contribution in [0, 0.1) is 59.3 Å². The van der Waals surface area contributed by atoms with Crippen molar-refractivity contribution in [3.05, 3.63) is 0 Å². The third-order valence-electron chi connectivity index (χ3n) is 2.81. The molecule has 0 aromatic rings. The zero-order chi connectivity index (χ0) is 13.0. The SMILES string of the molecule is C#CC#CC#CC#CC#C[Si](CC)(CC)CC. The molecule has 1 heteroatoms. The molecule has 0 rings (SSSR count). The van der Waals surface area contributed by atoms with Crippen molar-refractivity contribution in [2.75, 3.05) is 0 Å². The summed E-state index contributed by atoms with van der Waals surface area (Å²) in [7, 11) is -1.36. The summed E-state index contributed by atoms with van der Waals surface area (Å²) in [4.78, 5) is 0. The highest BCUT2D eigenvalue weighted by molar-refractivity contribution is 6.87. The summed E-state index contributed by atoms with van der Waals surface area (Å²) in [5, 5.41) is 0. The van der Waals surface area contributed by atoms with Crippen molar-refractivity contribution in [3.8, 4) is 59.3 Å². The van der Waals surface area contributed by atoms with Gasteiger partial charge in [-0.3, -0.25) is 0 Å². The van der Waals surface area contributed by atoms with Crippen LogP contribution >= 0.6 is 0 Å². The van der Waals surface area contributed by atoms with E-state index in [0.29, 0.717) is 0 Å². The highest BCUT2D eigenvalue weighted by Crippen LogP contribution is 2.18. The van der Waals surface area contributed by atoms with Crippen LogP contribution in [0.4, 0.5) is 0 Å². The average Bonchev–Trinajstić information content (AvgIpc) is 2.38. The first-order valence-corrected chi connectivity index (χ1v) is 8.34. The Hall–Kier alpha value is -1.98. The maximum Gasteiger partial charge on any atom is 0.139 e. The third kappa shape index (κ3) is 6.24. The molecule has 0 aliphatic carbocycles. The molecule has 0 unspecified atom stereocenters. The van der Waals surface area contributed by atoms with Gasteiger partial charge in [-0.05, 0) is 65.5 Å². The maximum atomic E-state index is 4.94. The highest BCUT2D eigenvalue weighted by atomic mass is 28.3. The molecule has 0 saturated carbocycles. The summed E-state index contributed by atoms with van der Waals surface area (Å²) in [6.45, 7) is 6.66. The molecule has 0 aliphatic rings. The van der Waals surface area contributed by atoms with Crippen molar-refractivity contribution < 1.29 is 0 Å². The second-order valence-corrected chi connectivity index (χ2v) is 8.42. The van der Waals surface area contributed by atoms with E-state index < -0.39 is 8.07 Å². The predicted octanol–water partition coefficient (Wildman–Crippen LogP) is 2.68. The van der Waals surface area contributed by atoms with Gasteiger partial charge in [0.2, 0.25) is 0 Å². The summed E-state index contributed by atoms with van der Waals surface area (Å²) in [6.07, 6.45) is 4.94. The van der Waals surface area contributed by atoms with Crippen LogP contribution in [0.25, 0.3) is 0 Å². The van der Waals surface area contributed by atoms with E-state index in [1.807, 2.05) is 0 Å². The smallest absolute Gasteiger partial charge is 0.117 e. The van der Waals surface area contributed by atoms with Crippen molar-refractivity contribution in [2.24, 2.45) is 0 Å². The fraction of sp³-hybridized carbons (Fsp3) is 0.375. The van der Waals surface area contributed by atoms with Crippen LogP contribution in [0.15, 0.2) is 0 Å². The lowest BCUT2D eigenvalue weighted by Gasteiger charge is -2.19. The van der Waals surface area contributed by atoms with Crippen LogP contribution in [0.5, 0.6) is 0 Å². The molecule has 84 valence electrons. The molecular formula is C16H16Si. The molecule has 0 N–H and O–H groups in total. The standard InChI is InChI=1S/C16H16Si/c1-5-9-10-11-12-13-14-15-16-17(6-2,7-3)8-4/h1H,6-8H2,2-4H3. The van der Waals surface area contributed by atoms with Gasteiger partial charge in [-0.2, -0.15) is 0 Å². The second-order valence-electron chi connectivity index (χ2n) is 3.49. The van der Waals surface area contributed by atoms with Crippen LogP contribution in [-0.4, -0.2) is 8.07 Å². The van der Waals surface area contributed by atoms with Crippen LogP contribution in [0.1, 0.15) is 20.8 Å². The molecule has 0 nitrogen and oxygen atoms in total. The lowest BCUT2D eigenvalue weighted by Crippen LogP contribution is -2.29. The Morgan fingerprint density at radius 2 is 1.12 bits per heavy atom. The molecule has 0 spiro atoms. The molecule has 0 amide bonds. The van der Waals surface area contributed by atoms with Gasteiger partial charge in [-0.15, -0.1) is 12.0 Å². The molecule has 0 fully saturated rings. The Labute approximate surface area is 107 Å². The van der Waals surface area contributed by atoms with E-state index in [-0.39, 0.29) is 0 Å². The van der Waals surface area contributed by atoms with Crippen LogP contribution in [-0.2, 0) is 0 Å². The zero-order valence-corrected chi connectivity index (χ0v) is 11.7. The van der Waals surface area contributed by atoms with Crippen LogP contribution in [0.2, 0.25) is 18.1 Å². The molecule has 0 aliphatic heterocycles. The highest BCUT2D eigenvalue weighted by Gasteiger charge is 2.23. The molecule has 17 heavy (non-hydrogen) atoms. The van der Waals surface area contributed by atoms with Gasteiger partial charge in [0.15, 0.2) is 0 Å². The number of rotatable bonds is 3. The van der Waals surface area contributed by atoms with Gasteiger partial charge in [0, 0.05) is 0 Å². The summed E-state index contributed by atoms with van der Waals surface area (Å²) < 4.78 is 0. The fourth-order valence-corrected chi connectivity index (χ4v) is 3.73. The first-order chi connectivity index (χ1) is 8.24. The first kappa shape index (κ1) is 15.0. The molecule has 0 aromatic carbocycles. The Bertz CT molecular complexity index is 503. The Morgan fingerprint density at radius 3 is 1.53 bits per heavy atom. The fourth-order valence-electron chi connectivity index (χ4n) is 1.37. The van der Waals surface area contributed by atoms with E-state index in [1.54, 1.807) is 0 Å². The van der Waals surface area contributed by atoms with E-state index in [4.69, 9.17) is 6.42 Å². The van der Waals surface area contributed by atoms with E-state index >= 15 is 0 Å². The average molecular weight is 236 g/mol. The van der Waals surface area contributed by atoms with Gasteiger partial charge in [0.1, 0.15) is 8.07 Å². The molecule has 0 bridgehead atoms. The topological polar surface area (TPSA) is 0 Å². The number of terminal acetylenes is 1. The third-order valence-corrected chi connectivity index (χ3v) is 7.52. The largest absolute Gasteiger partial charge is 0.139 e. The van der Waals surface area contributed by atoms with Crippen molar-refractivity contribution >= 4 is 8.07 Å². The summed E-state index contributed by atoms with van der Waals surface area (Å²) in [5.41, 5.74) is 3.36. The monoisotopic (exact) mass is 236 g/mol. The van der Waals surface area contributed by atoms with E-state index in [9.17, 15) is 0 Å². The van der Waals surface area contributed by atoms with Crippen molar-refractivity contribution in [3.63, 3.8) is 0 Å². The Balaban J connectivity index is 4.62. The molecule has 0 atom stereocenters. The number of hydrogen-bond acceptors (Lipinski definition) is 0. The Kier molecular flexibility index (Phi) is 8.18. The minimum Gasteiger partial charge on any atom is -0.117 e. The van der Waals surface area contributed by atoms with Crippen LogP contribution < -0.4 is 0 Å². The van der Waals surface area contributed by atoms with Gasteiger partial charge in [-0.1, -0.05) is 20.8 Å². The van der Waals surface area contributed by atoms with Gasteiger partial charge < -0.3 is 0 Å². The van der Waals surface area contributed by atoms with Crippen molar-refractivity contribution in [1.29, 1.82) is 0 Å². The molecule has 0 radical (unpaired) electrons. The normalized spacial score (nSPS) is 7.65. The summed E-state index contributed by atoms with van der Waals surface area (Å²) >= 11 is 0. The first-order valence-electron chi connectivity index (χ1n) is 5.72. The van der Waals surface area contributed by atoms with Crippen LogP contribution in [0.3, 0.4) is 0 Å². The van der Waals surface area contributed by atoms with Gasteiger partial charge in [-0.25, -0.2) is 0 Å². The summed E-state index contributed by atoms with van der Waals surface area (Å²) in [6, 6.07) is 3.57. The van der Waals surface area contributed by atoms with Crippen molar-refractivity contribution in [2.45, 2.75) is 38.9 Å². The van der Waals surface area contributed by atoms with Gasteiger partial charge in [0.25, 0.3) is 0 Å². The lowest BCUT2D eigenvalue weighted by atomic mass is 10.5. The van der Waals surface area contributed by atoms with Gasteiger partial charge in [0.05, 0.1) is 0 Å². The van der Waals surface area contributed by atoms with E-state index in [1.165, 1.54) is 18.1 Å².